The highest BCUT2D eigenvalue weighted by Gasteiger charge is 2.31. The molecular formula is C22H31FIN5O. The molecule has 1 aromatic rings. The van der Waals surface area contributed by atoms with Crippen molar-refractivity contribution in [2.24, 2.45) is 10.9 Å². The highest BCUT2D eigenvalue weighted by atomic mass is 127. The van der Waals surface area contributed by atoms with Crippen LogP contribution in [-0.4, -0.2) is 42.4 Å². The topological polar surface area (TPSA) is 80.5 Å². The van der Waals surface area contributed by atoms with Crippen LogP contribution in [0.4, 0.5) is 4.39 Å². The zero-order valence-electron chi connectivity index (χ0n) is 17.5. The number of nitriles is 1. The van der Waals surface area contributed by atoms with Crippen molar-refractivity contribution in [1.82, 2.24) is 15.5 Å². The number of hydrogen-bond acceptors (Lipinski definition) is 3. The number of likely N-dealkylation sites (tertiary alicyclic amines) is 1. The first-order valence-corrected chi connectivity index (χ1v) is 10.6. The molecule has 3 rings (SSSR count). The number of nitrogens with zero attached hydrogens (tertiary/aromatic N) is 3. The minimum atomic E-state index is -0.367. The van der Waals surface area contributed by atoms with Gasteiger partial charge in [0.2, 0.25) is 5.91 Å². The first-order valence-electron chi connectivity index (χ1n) is 10.6. The summed E-state index contributed by atoms with van der Waals surface area (Å²) in [5, 5.41) is 15.6. The molecule has 2 N–H and O–H groups in total. The summed E-state index contributed by atoms with van der Waals surface area (Å²) < 4.78 is 14.0. The van der Waals surface area contributed by atoms with Crippen molar-refractivity contribution in [3.05, 3.63) is 35.1 Å². The van der Waals surface area contributed by atoms with Gasteiger partial charge in [0.15, 0.2) is 5.96 Å². The standard InChI is InChI=1S/C22H30FN5O.HI/c1-2-25-22(26-14-18-12-16(13-24)8-9-20(18)23)27-19-10-11-28(15-19)21(29)17-6-4-3-5-7-17;/h8-9,12,17,19H,2-7,10-11,14-15H2,1H3,(H2,25,26,27);1H. The SMILES string of the molecule is CCNC(=NCc1cc(C#N)ccc1F)NC1CCN(C(=O)C2CCCCC2)C1.I. The number of carbonyl (C=O) groups is 1. The van der Waals surface area contributed by atoms with Gasteiger partial charge in [0.05, 0.1) is 18.2 Å². The van der Waals surface area contributed by atoms with Gasteiger partial charge in [0.1, 0.15) is 5.82 Å². The number of benzene rings is 1. The molecule has 1 unspecified atom stereocenters. The van der Waals surface area contributed by atoms with Gasteiger partial charge in [-0.25, -0.2) is 9.38 Å². The Morgan fingerprint density at radius 3 is 2.77 bits per heavy atom. The Hall–Kier alpha value is -1.89. The number of hydrogen-bond donors (Lipinski definition) is 2. The Morgan fingerprint density at radius 1 is 1.30 bits per heavy atom. The molecule has 1 aliphatic heterocycles. The van der Waals surface area contributed by atoms with E-state index >= 15 is 0 Å². The molecule has 8 heteroatoms. The van der Waals surface area contributed by atoms with Crippen LogP contribution in [-0.2, 0) is 11.3 Å². The Morgan fingerprint density at radius 2 is 2.07 bits per heavy atom. The van der Waals surface area contributed by atoms with E-state index in [1.54, 1.807) is 0 Å². The second kappa shape index (κ2) is 12.1. The van der Waals surface area contributed by atoms with Crippen molar-refractivity contribution >= 4 is 35.8 Å². The van der Waals surface area contributed by atoms with Gasteiger partial charge >= 0.3 is 0 Å². The molecule has 6 nitrogen and oxygen atoms in total. The van der Waals surface area contributed by atoms with Crippen molar-refractivity contribution in [2.45, 2.75) is 58.0 Å². The van der Waals surface area contributed by atoms with E-state index in [0.29, 0.717) is 36.1 Å². The molecule has 164 valence electrons. The number of nitrogens with one attached hydrogen (secondary N) is 2. The van der Waals surface area contributed by atoms with Gasteiger partial charge in [-0.15, -0.1) is 24.0 Å². The molecule has 0 radical (unpaired) electrons. The average Bonchev–Trinajstić information content (AvgIpc) is 3.21. The maximum atomic E-state index is 14.0. The zero-order chi connectivity index (χ0) is 20.6. The average molecular weight is 527 g/mol. The second-order valence-corrected chi connectivity index (χ2v) is 7.86. The van der Waals surface area contributed by atoms with E-state index in [1.165, 1.54) is 24.6 Å². The fourth-order valence-corrected chi connectivity index (χ4v) is 4.13. The number of guanidine groups is 1. The normalized spacial score (nSPS) is 19.7. The lowest BCUT2D eigenvalue weighted by Gasteiger charge is -2.26. The number of carbonyl (C=O) groups excluding carboxylic acids is 1. The van der Waals surface area contributed by atoms with E-state index in [-0.39, 0.29) is 48.3 Å². The van der Waals surface area contributed by atoms with Crippen LogP contribution in [0.3, 0.4) is 0 Å². The summed E-state index contributed by atoms with van der Waals surface area (Å²) in [5.41, 5.74) is 0.809. The van der Waals surface area contributed by atoms with Gasteiger partial charge in [0.25, 0.3) is 0 Å². The summed E-state index contributed by atoms with van der Waals surface area (Å²) in [6.45, 7) is 4.25. The lowest BCUT2D eigenvalue weighted by Crippen LogP contribution is -2.45. The minimum absolute atomic E-state index is 0. The van der Waals surface area contributed by atoms with E-state index in [1.807, 2.05) is 17.9 Å². The molecule has 1 heterocycles. The highest BCUT2D eigenvalue weighted by Crippen LogP contribution is 2.26. The van der Waals surface area contributed by atoms with Gasteiger partial charge in [-0.05, 0) is 44.4 Å². The molecule has 2 fully saturated rings. The summed E-state index contributed by atoms with van der Waals surface area (Å²) in [4.78, 5) is 19.2. The molecule has 30 heavy (non-hydrogen) atoms. The van der Waals surface area contributed by atoms with Crippen molar-refractivity contribution in [3.63, 3.8) is 0 Å². The number of rotatable bonds is 5. The predicted molar refractivity (Wildman–Crippen MR) is 126 cm³/mol. The monoisotopic (exact) mass is 527 g/mol. The number of halogens is 2. The first kappa shape index (κ1) is 24.4. The first-order chi connectivity index (χ1) is 14.1. The van der Waals surface area contributed by atoms with Crippen LogP contribution in [0, 0.1) is 23.1 Å². The lowest BCUT2D eigenvalue weighted by atomic mass is 9.88. The van der Waals surface area contributed by atoms with Gasteiger partial charge in [-0.1, -0.05) is 19.3 Å². The molecule has 2 aliphatic rings. The largest absolute Gasteiger partial charge is 0.357 e. The molecule has 1 saturated carbocycles. The van der Waals surface area contributed by atoms with E-state index in [0.717, 1.165) is 38.6 Å². The molecule has 0 bridgehead atoms. The minimum Gasteiger partial charge on any atom is -0.357 e. The maximum absolute atomic E-state index is 14.0. The molecule has 0 aromatic heterocycles. The van der Waals surface area contributed by atoms with Crippen molar-refractivity contribution in [3.8, 4) is 6.07 Å². The molecule has 1 atom stereocenters. The Kier molecular flexibility index (Phi) is 9.82. The molecular weight excluding hydrogens is 496 g/mol. The van der Waals surface area contributed by atoms with Crippen LogP contribution in [0.25, 0.3) is 0 Å². The van der Waals surface area contributed by atoms with E-state index in [9.17, 15) is 9.18 Å². The van der Waals surface area contributed by atoms with E-state index < -0.39 is 0 Å². The third-order valence-corrected chi connectivity index (χ3v) is 5.72. The van der Waals surface area contributed by atoms with Gasteiger partial charge < -0.3 is 15.5 Å². The maximum Gasteiger partial charge on any atom is 0.225 e. The quantitative estimate of drug-likeness (QED) is 0.349. The molecule has 1 aromatic carbocycles. The van der Waals surface area contributed by atoms with Crippen LogP contribution in [0.1, 0.15) is 56.6 Å². The van der Waals surface area contributed by atoms with Crippen LogP contribution >= 0.6 is 24.0 Å². The lowest BCUT2D eigenvalue weighted by molar-refractivity contribution is -0.135. The van der Waals surface area contributed by atoms with Crippen LogP contribution in [0.15, 0.2) is 23.2 Å². The van der Waals surface area contributed by atoms with Crippen LogP contribution in [0.2, 0.25) is 0 Å². The van der Waals surface area contributed by atoms with Crippen LogP contribution < -0.4 is 10.6 Å². The Balaban J connectivity index is 0.00000320. The third kappa shape index (κ3) is 6.56. The van der Waals surface area contributed by atoms with Gasteiger partial charge in [-0.3, -0.25) is 4.79 Å². The summed E-state index contributed by atoms with van der Waals surface area (Å²) in [7, 11) is 0. The fraction of sp³-hybridized carbons (Fsp3) is 0.591. The summed E-state index contributed by atoms with van der Waals surface area (Å²) in [5.74, 6) is 0.728. The van der Waals surface area contributed by atoms with Crippen LogP contribution in [0.5, 0.6) is 0 Å². The number of aliphatic imine (C=N–C) groups is 1. The predicted octanol–water partition coefficient (Wildman–Crippen LogP) is 3.55. The number of amides is 1. The fourth-order valence-electron chi connectivity index (χ4n) is 4.13. The van der Waals surface area contributed by atoms with Crippen molar-refractivity contribution in [2.75, 3.05) is 19.6 Å². The van der Waals surface area contributed by atoms with Crippen molar-refractivity contribution < 1.29 is 9.18 Å². The Labute approximate surface area is 195 Å². The summed E-state index contributed by atoms with van der Waals surface area (Å²) >= 11 is 0. The molecule has 0 spiro atoms. The smallest absolute Gasteiger partial charge is 0.225 e. The van der Waals surface area contributed by atoms with Gasteiger partial charge in [-0.2, -0.15) is 5.26 Å². The van der Waals surface area contributed by atoms with Gasteiger partial charge in [0, 0.05) is 37.2 Å². The summed E-state index contributed by atoms with van der Waals surface area (Å²) in [6.07, 6.45) is 6.48. The van der Waals surface area contributed by atoms with E-state index in [4.69, 9.17) is 5.26 Å². The third-order valence-electron chi connectivity index (χ3n) is 5.72. The molecule has 1 aliphatic carbocycles. The highest BCUT2D eigenvalue weighted by molar-refractivity contribution is 14.0. The van der Waals surface area contributed by atoms with Crippen molar-refractivity contribution in [1.29, 1.82) is 5.26 Å². The van der Waals surface area contributed by atoms with E-state index in [2.05, 4.69) is 15.6 Å². The molecule has 1 saturated heterocycles. The Bertz CT molecular complexity index is 788. The molecule has 1 amide bonds. The zero-order valence-corrected chi connectivity index (χ0v) is 19.8. The second-order valence-electron chi connectivity index (χ2n) is 7.86. The summed E-state index contributed by atoms with van der Waals surface area (Å²) in [6, 6.07) is 6.45.